The van der Waals surface area contributed by atoms with Crippen molar-refractivity contribution in [1.82, 2.24) is 23.8 Å². The molecule has 0 saturated carbocycles. The van der Waals surface area contributed by atoms with Crippen molar-refractivity contribution < 1.29 is 32.4 Å². The molecule has 3 rings (SSSR count). The second kappa shape index (κ2) is 8.38. The maximum atomic E-state index is 12.6. The van der Waals surface area contributed by atoms with Crippen molar-refractivity contribution in [1.29, 1.82) is 0 Å². The van der Waals surface area contributed by atoms with Crippen molar-refractivity contribution in [2.24, 2.45) is 21.8 Å². The van der Waals surface area contributed by atoms with Gasteiger partial charge in [0.15, 0.2) is 0 Å². The van der Waals surface area contributed by atoms with Gasteiger partial charge in [0.05, 0.1) is 33.2 Å². The Bertz CT molecular complexity index is 997. The number of amides is 6. The Morgan fingerprint density at radius 1 is 1.35 bits per heavy atom. The zero-order valence-corrected chi connectivity index (χ0v) is 17.8. The fourth-order valence-corrected chi connectivity index (χ4v) is 5.68. The standard InChI is InChI=1S/C13H21N9O7S2/c1-29-18-30-6-7(4-9(14)23)22(11(30)15)8-5-19(10(8)24)12(25)17-31(27,28)21-3-2-20(16)13(21)26/h6,8,11H,2-5,15-16H2,1H3,(H2,14,23)(H,17,25). The van der Waals surface area contributed by atoms with Gasteiger partial charge < -0.3 is 16.4 Å². The summed E-state index contributed by atoms with van der Waals surface area (Å²) in [4.78, 5) is 54.8. The number of hydrogen-bond donors (Lipinski definition) is 4. The van der Waals surface area contributed by atoms with Crippen LogP contribution in [0.1, 0.15) is 6.42 Å². The second-order valence-corrected chi connectivity index (χ2v) is 9.74. The van der Waals surface area contributed by atoms with E-state index >= 15 is 0 Å². The van der Waals surface area contributed by atoms with Crippen LogP contribution in [-0.4, -0.2) is 89.7 Å². The highest BCUT2D eigenvalue weighted by Crippen LogP contribution is 2.31. The molecule has 0 aromatic rings. The fraction of sp³-hybridized carbons (Fsp3) is 0.538. The number of urea groups is 2. The lowest BCUT2D eigenvalue weighted by molar-refractivity contribution is -0.144. The molecular weight excluding hydrogens is 458 g/mol. The van der Waals surface area contributed by atoms with Gasteiger partial charge in [0, 0.05) is 11.1 Å². The number of carbonyl (C=O) groups is 4. The van der Waals surface area contributed by atoms with E-state index in [9.17, 15) is 27.6 Å². The maximum Gasteiger partial charge on any atom is 0.349 e. The van der Waals surface area contributed by atoms with Gasteiger partial charge in [0.1, 0.15) is 11.5 Å². The topological polar surface area (TPSA) is 227 Å². The highest BCUT2D eigenvalue weighted by molar-refractivity contribution is 7.90. The number of nitrogens with one attached hydrogen (secondary N) is 1. The minimum Gasteiger partial charge on any atom is -0.369 e. The van der Waals surface area contributed by atoms with Gasteiger partial charge in [-0.2, -0.15) is 8.42 Å². The van der Waals surface area contributed by atoms with E-state index in [1.807, 2.05) is 0 Å². The molecule has 18 heteroatoms. The minimum atomic E-state index is -4.55. The van der Waals surface area contributed by atoms with Gasteiger partial charge >= 0.3 is 22.3 Å². The average Bonchev–Trinajstić information content (AvgIpc) is 3.14. The second-order valence-electron chi connectivity index (χ2n) is 6.58. The molecule has 2 saturated heterocycles. The first-order valence-corrected chi connectivity index (χ1v) is 11.4. The van der Waals surface area contributed by atoms with Crippen molar-refractivity contribution >= 4 is 44.8 Å². The van der Waals surface area contributed by atoms with Crippen LogP contribution in [0.25, 0.3) is 0 Å². The Labute approximate surface area is 179 Å². The Balaban J connectivity index is 1.70. The van der Waals surface area contributed by atoms with E-state index in [0.29, 0.717) is 19.9 Å². The number of hydrogen-bond acceptors (Lipinski definition) is 11. The molecule has 3 aliphatic rings. The molecule has 6 amide bonds. The van der Waals surface area contributed by atoms with Crippen molar-refractivity contribution in [2.45, 2.75) is 18.0 Å². The van der Waals surface area contributed by atoms with Gasteiger partial charge in [0.2, 0.25) is 5.91 Å². The third-order valence-electron chi connectivity index (χ3n) is 4.62. The summed E-state index contributed by atoms with van der Waals surface area (Å²) in [5.74, 6) is 3.91. The smallest absolute Gasteiger partial charge is 0.349 e. The van der Waals surface area contributed by atoms with Crippen LogP contribution in [-0.2, 0) is 35.3 Å². The number of likely N-dealkylation sites (tertiary alicyclic amines) is 1. The molecule has 172 valence electrons. The highest BCUT2D eigenvalue weighted by Gasteiger charge is 2.50. The molecule has 0 aliphatic carbocycles. The van der Waals surface area contributed by atoms with E-state index in [-0.39, 0.29) is 26.1 Å². The predicted molar refractivity (Wildman–Crippen MR) is 104 cm³/mol. The summed E-state index contributed by atoms with van der Waals surface area (Å²) in [6.45, 7) is -0.510. The SMILES string of the molecule is CON=S1C=C(CC(N)=O)N(C2CN(C(=O)NS(=O)(=O)N3CCN(N)C3=O)C2=O)C1N. The Morgan fingerprint density at radius 3 is 2.55 bits per heavy atom. The molecule has 3 aliphatic heterocycles. The van der Waals surface area contributed by atoms with E-state index in [1.165, 1.54) is 12.0 Å². The number of rotatable bonds is 6. The van der Waals surface area contributed by atoms with Gasteiger partial charge in [-0.3, -0.25) is 19.5 Å². The Hall–Kier alpha value is -2.80. The molecule has 31 heavy (non-hydrogen) atoms. The van der Waals surface area contributed by atoms with Crippen LogP contribution in [0.3, 0.4) is 0 Å². The van der Waals surface area contributed by atoms with Crippen LogP contribution in [0, 0.1) is 0 Å². The van der Waals surface area contributed by atoms with E-state index < -0.39 is 56.3 Å². The average molecular weight is 480 g/mol. The molecule has 0 spiro atoms. The number of nitrogens with zero attached hydrogens (tertiary/aromatic N) is 5. The number of hydrazine groups is 1. The summed E-state index contributed by atoms with van der Waals surface area (Å²) in [6.07, 6.45) is -0.215. The third kappa shape index (κ3) is 4.19. The number of β-lactam (4-membered cyclic amide) rings is 1. The minimum absolute atomic E-state index is 0.0467. The van der Waals surface area contributed by atoms with E-state index in [0.717, 1.165) is 0 Å². The van der Waals surface area contributed by atoms with Gasteiger partial charge in [0.25, 0.3) is 5.91 Å². The molecule has 16 nitrogen and oxygen atoms in total. The van der Waals surface area contributed by atoms with Crippen LogP contribution >= 0.6 is 0 Å². The Kier molecular flexibility index (Phi) is 6.18. The summed E-state index contributed by atoms with van der Waals surface area (Å²) in [5, 5.41) is 2.23. The summed E-state index contributed by atoms with van der Waals surface area (Å²) >= 11 is 0. The van der Waals surface area contributed by atoms with Gasteiger partial charge in [-0.15, -0.1) is 4.53 Å². The normalized spacial score (nSPS) is 26.4. The lowest BCUT2D eigenvalue weighted by Crippen LogP contribution is -2.69. The van der Waals surface area contributed by atoms with Crippen LogP contribution in [0.2, 0.25) is 0 Å². The molecular formula is C13H21N9O7S2. The number of carbonyl (C=O) groups excluding carboxylic acids is 4. The molecule has 0 aromatic heterocycles. The fourth-order valence-electron chi connectivity index (χ4n) is 3.17. The summed E-state index contributed by atoms with van der Waals surface area (Å²) in [7, 11) is -4.22. The molecule has 3 unspecified atom stereocenters. The molecule has 3 atom stereocenters. The quantitative estimate of drug-likeness (QED) is 0.127. The van der Waals surface area contributed by atoms with E-state index in [4.69, 9.17) is 22.1 Å². The molecule has 0 bridgehead atoms. The monoisotopic (exact) mass is 479 g/mol. The molecule has 2 fully saturated rings. The number of primary amides is 1. The highest BCUT2D eigenvalue weighted by atomic mass is 32.2. The van der Waals surface area contributed by atoms with Crippen LogP contribution < -0.4 is 22.0 Å². The van der Waals surface area contributed by atoms with Crippen molar-refractivity contribution in [3.05, 3.63) is 11.1 Å². The van der Waals surface area contributed by atoms with Crippen molar-refractivity contribution in [3.8, 4) is 0 Å². The van der Waals surface area contributed by atoms with Gasteiger partial charge in [-0.1, -0.05) is 0 Å². The first-order chi connectivity index (χ1) is 14.5. The number of nitrogens with two attached hydrogens (primary N) is 3. The van der Waals surface area contributed by atoms with Crippen LogP contribution in [0.15, 0.2) is 15.6 Å². The molecule has 7 N–H and O–H groups in total. The zero-order chi connectivity index (χ0) is 23.1. The van der Waals surface area contributed by atoms with Crippen molar-refractivity contribution in [2.75, 3.05) is 26.7 Å². The summed E-state index contributed by atoms with van der Waals surface area (Å²) in [6, 6.07) is -3.18. The first kappa shape index (κ1) is 22.9. The summed E-state index contributed by atoms with van der Waals surface area (Å²) in [5.41, 5.74) is 10.9. The zero-order valence-electron chi connectivity index (χ0n) is 16.2. The lowest BCUT2D eigenvalue weighted by atomic mass is 10.1. The van der Waals surface area contributed by atoms with Gasteiger partial charge in [-0.05, 0) is 10.7 Å². The van der Waals surface area contributed by atoms with Crippen molar-refractivity contribution in [3.63, 3.8) is 0 Å². The number of imide groups is 1. The van der Waals surface area contributed by atoms with Gasteiger partial charge in [-0.25, -0.2) is 29.3 Å². The van der Waals surface area contributed by atoms with Crippen LogP contribution in [0.5, 0.6) is 0 Å². The predicted octanol–water partition coefficient (Wildman–Crippen LogP) is -3.60. The first-order valence-electron chi connectivity index (χ1n) is 8.69. The largest absolute Gasteiger partial charge is 0.369 e. The Morgan fingerprint density at radius 2 is 2.03 bits per heavy atom. The molecule has 0 aromatic carbocycles. The van der Waals surface area contributed by atoms with E-state index in [2.05, 4.69) is 4.53 Å². The third-order valence-corrected chi connectivity index (χ3v) is 7.53. The lowest BCUT2D eigenvalue weighted by Gasteiger charge is -2.44. The summed E-state index contributed by atoms with van der Waals surface area (Å²) < 4.78 is 30.4. The molecule has 0 radical (unpaired) electrons. The maximum absolute atomic E-state index is 12.6. The van der Waals surface area contributed by atoms with Crippen LogP contribution in [0.4, 0.5) is 9.59 Å². The van der Waals surface area contributed by atoms with E-state index in [1.54, 1.807) is 10.1 Å². The molecule has 3 heterocycles.